The van der Waals surface area contributed by atoms with Gasteiger partial charge in [0, 0.05) is 6.42 Å². The van der Waals surface area contributed by atoms with Crippen molar-refractivity contribution in [2.75, 3.05) is 0 Å². The highest BCUT2D eigenvalue weighted by atomic mass is 19.4. The lowest BCUT2D eigenvalue weighted by Crippen LogP contribution is -2.19. The fraction of sp³-hybridized carbons (Fsp3) is 0.417. The summed E-state index contributed by atoms with van der Waals surface area (Å²) in [6.45, 7) is 1.95. The van der Waals surface area contributed by atoms with Gasteiger partial charge in [-0.3, -0.25) is 0 Å². The molecule has 2 rings (SSSR count). The van der Waals surface area contributed by atoms with Crippen LogP contribution in [0.25, 0.3) is 0 Å². The Morgan fingerprint density at radius 3 is 2.53 bits per heavy atom. The van der Waals surface area contributed by atoms with E-state index in [1.165, 1.54) is 0 Å². The van der Waals surface area contributed by atoms with Gasteiger partial charge in [0.2, 0.25) is 0 Å². The molecular formula is C12H12F3NO. The van der Waals surface area contributed by atoms with Crippen molar-refractivity contribution in [1.29, 1.82) is 0 Å². The molecule has 0 saturated carbocycles. The van der Waals surface area contributed by atoms with Crippen LogP contribution in [0.2, 0.25) is 0 Å². The number of oxime groups is 1. The van der Waals surface area contributed by atoms with E-state index in [1.54, 1.807) is 0 Å². The van der Waals surface area contributed by atoms with Crippen LogP contribution >= 0.6 is 0 Å². The van der Waals surface area contributed by atoms with E-state index in [1.807, 2.05) is 31.2 Å². The molecule has 1 aliphatic rings. The van der Waals surface area contributed by atoms with E-state index in [0.29, 0.717) is 5.71 Å². The third-order valence-electron chi connectivity index (χ3n) is 2.58. The second-order valence-electron chi connectivity index (χ2n) is 4.15. The summed E-state index contributed by atoms with van der Waals surface area (Å²) in [6.07, 6.45) is -5.83. The van der Waals surface area contributed by atoms with Gasteiger partial charge in [0.15, 0.2) is 0 Å². The van der Waals surface area contributed by atoms with Crippen molar-refractivity contribution < 1.29 is 18.0 Å². The Kier molecular flexibility index (Phi) is 3.09. The van der Waals surface area contributed by atoms with Gasteiger partial charge < -0.3 is 4.84 Å². The maximum absolute atomic E-state index is 12.2. The molecule has 5 heteroatoms. The van der Waals surface area contributed by atoms with Crippen LogP contribution in [0.15, 0.2) is 29.4 Å². The molecular weight excluding hydrogens is 231 g/mol. The lowest BCUT2D eigenvalue weighted by molar-refractivity contribution is -0.157. The van der Waals surface area contributed by atoms with Crippen LogP contribution in [0.4, 0.5) is 13.2 Å². The highest BCUT2D eigenvalue weighted by Gasteiger charge is 2.36. The van der Waals surface area contributed by atoms with E-state index in [0.717, 1.165) is 11.1 Å². The van der Waals surface area contributed by atoms with Crippen LogP contribution in [-0.2, 0) is 4.84 Å². The molecule has 2 nitrogen and oxygen atoms in total. The molecule has 0 saturated heterocycles. The summed E-state index contributed by atoms with van der Waals surface area (Å²) in [5.74, 6) is 0. The van der Waals surface area contributed by atoms with Gasteiger partial charge in [-0.1, -0.05) is 35.0 Å². The summed E-state index contributed by atoms with van der Waals surface area (Å²) in [5, 5.41) is 3.72. The lowest BCUT2D eigenvalue weighted by Gasteiger charge is -2.10. The minimum atomic E-state index is -4.21. The average molecular weight is 243 g/mol. The normalized spacial score (nSPS) is 20.0. The molecule has 0 aliphatic carbocycles. The Balaban J connectivity index is 2.00. The molecule has 0 amide bonds. The molecule has 1 aliphatic heterocycles. The molecule has 0 aromatic heterocycles. The van der Waals surface area contributed by atoms with Crippen molar-refractivity contribution in [3.8, 4) is 0 Å². The van der Waals surface area contributed by atoms with Crippen LogP contribution in [0, 0.1) is 6.92 Å². The number of aryl methyl sites for hydroxylation is 1. The number of hydrogen-bond donors (Lipinski definition) is 0. The first-order valence-corrected chi connectivity index (χ1v) is 5.30. The third-order valence-corrected chi connectivity index (χ3v) is 2.58. The summed E-state index contributed by atoms with van der Waals surface area (Å²) in [5.41, 5.74) is 2.50. The highest BCUT2D eigenvalue weighted by Crippen LogP contribution is 2.28. The molecule has 0 fully saturated rings. The monoisotopic (exact) mass is 243 g/mol. The van der Waals surface area contributed by atoms with Crippen LogP contribution in [0.3, 0.4) is 0 Å². The molecule has 1 heterocycles. The van der Waals surface area contributed by atoms with Crippen LogP contribution in [0.5, 0.6) is 0 Å². The zero-order valence-corrected chi connectivity index (χ0v) is 9.29. The quantitative estimate of drug-likeness (QED) is 0.779. The largest absolute Gasteiger partial charge is 0.392 e. The minimum Gasteiger partial charge on any atom is -0.391 e. The zero-order chi connectivity index (χ0) is 12.5. The Labute approximate surface area is 97.1 Å². The molecule has 0 bridgehead atoms. The van der Waals surface area contributed by atoms with Crippen LogP contribution in [-0.4, -0.2) is 18.0 Å². The zero-order valence-electron chi connectivity index (χ0n) is 9.29. The van der Waals surface area contributed by atoms with Gasteiger partial charge in [0.1, 0.15) is 6.10 Å². The molecule has 1 aromatic rings. The van der Waals surface area contributed by atoms with Crippen molar-refractivity contribution in [2.45, 2.75) is 32.0 Å². The van der Waals surface area contributed by atoms with Crippen molar-refractivity contribution >= 4 is 5.71 Å². The maximum atomic E-state index is 12.2. The summed E-state index contributed by atoms with van der Waals surface area (Å²) in [7, 11) is 0. The second-order valence-corrected chi connectivity index (χ2v) is 4.15. The Bertz CT molecular complexity index is 422. The average Bonchev–Trinajstić information content (AvgIpc) is 2.64. The first-order chi connectivity index (χ1) is 7.94. The van der Waals surface area contributed by atoms with Gasteiger partial charge in [-0.2, -0.15) is 13.2 Å². The molecule has 1 atom stereocenters. The topological polar surface area (TPSA) is 21.6 Å². The fourth-order valence-corrected chi connectivity index (χ4v) is 1.71. The van der Waals surface area contributed by atoms with E-state index < -0.39 is 18.7 Å². The number of nitrogens with zero attached hydrogens (tertiary/aromatic N) is 1. The Morgan fingerprint density at radius 2 is 1.94 bits per heavy atom. The number of alkyl halides is 3. The van der Waals surface area contributed by atoms with Crippen molar-refractivity contribution in [2.24, 2.45) is 5.16 Å². The Morgan fingerprint density at radius 1 is 1.29 bits per heavy atom. The van der Waals surface area contributed by atoms with Gasteiger partial charge >= 0.3 is 6.18 Å². The predicted molar refractivity (Wildman–Crippen MR) is 57.9 cm³/mol. The van der Waals surface area contributed by atoms with E-state index in [-0.39, 0.29) is 6.42 Å². The molecule has 0 N–H and O–H groups in total. The van der Waals surface area contributed by atoms with E-state index in [2.05, 4.69) is 5.16 Å². The van der Waals surface area contributed by atoms with Gasteiger partial charge in [-0.25, -0.2) is 0 Å². The standard InChI is InChI=1S/C12H12F3NO/c1-8-2-4-9(5-3-8)11-6-10(17-16-11)7-12(13,14)15/h2-5,10H,6-7H2,1H3/t10-/m1/s1. The van der Waals surface area contributed by atoms with Crippen molar-refractivity contribution in [3.05, 3.63) is 35.4 Å². The SMILES string of the molecule is Cc1ccc(C2=NO[C@@H](CC(F)(F)F)C2)cc1. The molecule has 1 aromatic carbocycles. The number of benzene rings is 1. The minimum absolute atomic E-state index is 0.211. The summed E-state index contributed by atoms with van der Waals surface area (Å²) < 4.78 is 36.5. The molecule has 0 radical (unpaired) electrons. The molecule has 0 spiro atoms. The van der Waals surface area contributed by atoms with Crippen molar-refractivity contribution in [1.82, 2.24) is 0 Å². The highest BCUT2D eigenvalue weighted by molar-refractivity contribution is 6.01. The van der Waals surface area contributed by atoms with Gasteiger partial charge in [0.05, 0.1) is 12.1 Å². The predicted octanol–water partition coefficient (Wildman–Crippen LogP) is 3.44. The van der Waals surface area contributed by atoms with E-state index >= 15 is 0 Å². The molecule has 17 heavy (non-hydrogen) atoms. The summed E-state index contributed by atoms with van der Waals surface area (Å²) >= 11 is 0. The summed E-state index contributed by atoms with van der Waals surface area (Å²) in [4.78, 5) is 4.79. The lowest BCUT2D eigenvalue weighted by atomic mass is 10.0. The number of halogens is 3. The molecule has 92 valence electrons. The fourth-order valence-electron chi connectivity index (χ4n) is 1.71. The summed E-state index contributed by atoms with van der Waals surface area (Å²) in [6, 6.07) is 7.48. The van der Waals surface area contributed by atoms with E-state index in [9.17, 15) is 13.2 Å². The smallest absolute Gasteiger partial charge is 0.391 e. The van der Waals surface area contributed by atoms with Gasteiger partial charge in [0.25, 0.3) is 0 Å². The maximum Gasteiger partial charge on any atom is 0.392 e. The first-order valence-electron chi connectivity index (χ1n) is 5.30. The molecule has 0 unspecified atom stereocenters. The van der Waals surface area contributed by atoms with Crippen molar-refractivity contribution in [3.63, 3.8) is 0 Å². The number of rotatable bonds is 2. The van der Waals surface area contributed by atoms with E-state index in [4.69, 9.17) is 4.84 Å². The Hall–Kier alpha value is -1.52. The van der Waals surface area contributed by atoms with Crippen LogP contribution < -0.4 is 0 Å². The second kappa shape index (κ2) is 4.39. The first kappa shape index (κ1) is 12.0. The number of hydrogen-bond acceptors (Lipinski definition) is 2. The van der Waals surface area contributed by atoms with Crippen LogP contribution in [0.1, 0.15) is 24.0 Å². The van der Waals surface area contributed by atoms with Gasteiger partial charge in [-0.05, 0) is 12.5 Å². The third kappa shape index (κ3) is 3.22. The van der Waals surface area contributed by atoms with Gasteiger partial charge in [-0.15, -0.1) is 0 Å².